The lowest BCUT2D eigenvalue weighted by molar-refractivity contribution is 0.206. The summed E-state index contributed by atoms with van der Waals surface area (Å²) in [7, 11) is 1.59. The van der Waals surface area contributed by atoms with E-state index in [9.17, 15) is 4.79 Å². The van der Waals surface area contributed by atoms with Crippen LogP contribution in [0.4, 0.5) is 0 Å². The van der Waals surface area contributed by atoms with Crippen molar-refractivity contribution in [2.75, 3.05) is 7.11 Å². The van der Waals surface area contributed by atoms with Crippen LogP contribution in [0, 0.1) is 0 Å². The number of nitrogens with zero attached hydrogens (tertiary/aromatic N) is 3. The molecular weight excluding hydrogens is 562 g/mol. The molecule has 0 fully saturated rings. The first kappa shape index (κ1) is 24.2. The maximum atomic E-state index is 13.4. The lowest BCUT2D eigenvalue weighted by Crippen LogP contribution is -2.20. The van der Waals surface area contributed by atoms with E-state index in [0.29, 0.717) is 38.3 Å². The van der Waals surface area contributed by atoms with Crippen LogP contribution in [-0.2, 0) is 0 Å². The number of aromatic nitrogens is 2. The fourth-order valence-electron chi connectivity index (χ4n) is 3.37. The SMILES string of the molecule is CC[C@H](C)Oc1c(OC)cc(C=Nn2c(-c3ccccc3)nc3ccccc3c2=O)c(Br)c1Br. The predicted molar refractivity (Wildman–Crippen MR) is 143 cm³/mol. The quantitative estimate of drug-likeness (QED) is 0.228. The maximum absolute atomic E-state index is 13.4. The second-order valence-corrected chi connectivity index (χ2v) is 9.23. The minimum atomic E-state index is -0.250. The van der Waals surface area contributed by atoms with E-state index in [2.05, 4.69) is 43.9 Å². The van der Waals surface area contributed by atoms with E-state index in [0.717, 1.165) is 16.5 Å². The summed E-state index contributed by atoms with van der Waals surface area (Å²) in [5.74, 6) is 1.62. The smallest absolute Gasteiger partial charge is 0.282 e. The minimum absolute atomic E-state index is 0.0206. The lowest BCUT2D eigenvalue weighted by atomic mass is 10.2. The van der Waals surface area contributed by atoms with Gasteiger partial charge in [-0.05, 0) is 63.4 Å². The van der Waals surface area contributed by atoms with E-state index in [4.69, 9.17) is 14.5 Å². The van der Waals surface area contributed by atoms with Crippen molar-refractivity contribution in [2.24, 2.45) is 5.10 Å². The Morgan fingerprint density at radius 3 is 2.50 bits per heavy atom. The Labute approximate surface area is 214 Å². The van der Waals surface area contributed by atoms with Crippen molar-refractivity contribution in [1.29, 1.82) is 0 Å². The topological polar surface area (TPSA) is 65.7 Å². The molecule has 1 aromatic heterocycles. The Kier molecular flexibility index (Phi) is 7.48. The van der Waals surface area contributed by atoms with Gasteiger partial charge in [-0.1, -0.05) is 49.4 Å². The number of fused-ring (bicyclic) bond motifs is 1. The second-order valence-electron chi connectivity index (χ2n) is 7.64. The van der Waals surface area contributed by atoms with E-state index in [-0.39, 0.29) is 11.7 Å². The molecule has 4 aromatic rings. The molecule has 0 aliphatic carbocycles. The number of halogens is 2. The number of para-hydroxylation sites is 1. The molecule has 3 aromatic carbocycles. The summed E-state index contributed by atoms with van der Waals surface area (Å²) < 4.78 is 14.4. The molecule has 0 aliphatic heterocycles. The molecular formula is C26H23Br2N3O3. The van der Waals surface area contributed by atoms with Crippen molar-refractivity contribution in [3.05, 3.63) is 85.5 Å². The summed E-state index contributed by atoms with van der Waals surface area (Å²) in [6.45, 7) is 4.06. The summed E-state index contributed by atoms with van der Waals surface area (Å²) >= 11 is 7.24. The molecule has 6 nitrogen and oxygen atoms in total. The molecule has 1 atom stereocenters. The summed E-state index contributed by atoms with van der Waals surface area (Å²) in [6.07, 6.45) is 2.48. The third kappa shape index (κ3) is 4.79. The molecule has 1 heterocycles. The highest BCUT2D eigenvalue weighted by Gasteiger charge is 2.19. The summed E-state index contributed by atoms with van der Waals surface area (Å²) in [5, 5.41) is 5.05. The molecule has 174 valence electrons. The lowest BCUT2D eigenvalue weighted by Gasteiger charge is -2.18. The van der Waals surface area contributed by atoms with Gasteiger partial charge in [0.2, 0.25) is 0 Å². The zero-order valence-corrected chi connectivity index (χ0v) is 22.1. The first-order valence-corrected chi connectivity index (χ1v) is 12.4. The van der Waals surface area contributed by atoms with E-state index in [1.807, 2.05) is 61.5 Å². The molecule has 0 aliphatic rings. The Hall–Kier alpha value is -2.97. The van der Waals surface area contributed by atoms with Crippen LogP contribution >= 0.6 is 31.9 Å². The first-order valence-electron chi connectivity index (χ1n) is 10.8. The minimum Gasteiger partial charge on any atom is -0.493 e. The highest BCUT2D eigenvalue weighted by Crippen LogP contribution is 2.43. The third-order valence-corrected chi connectivity index (χ3v) is 7.51. The van der Waals surface area contributed by atoms with Crippen LogP contribution in [0.2, 0.25) is 0 Å². The Morgan fingerprint density at radius 2 is 1.79 bits per heavy atom. The molecule has 0 amide bonds. The fourth-order valence-corrected chi connectivity index (χ4v) is 4.28. The van der Waals surface area contributed by atoms with Crippen LogP contribution in [0.15, 0.2) is 79.5 Å². The fraction of sp³-hybridized carbons (Fsp3) is 0.192. The van der Waals surface area contributed by atoms with Gasteiger partial charge in [-0.25, -0.2) is 4.98 Å². The van der Waals surface area contributed by atoms with Crippen LogP contribution in [0.3, 0.4) is 0 Å². The third-order valence-electron chi connectivity index (χ3n) is 5.37. The van der Waals surface area contributed by atoms with Crippen molar-refractivity contribution < 1.29 is 9.47 Å². The first-order chi connectivity index (χ1) is 16.4. The van der Waals surface area contributed by atoms with Gasteiger partial charge in [0.1, 0.15) is 0 Å². The van der Waals surface area contributed by atoms with E-state index < -0.39 is 0 Å². The number of rotatable bonds is 7. The zero-order chi connectivity index (χ0) is 24.2. The van der Waals surface area contributed by atoms with Crippen LogP contribution in [0.25, 0.3) is 22.3 Å². The van der Waals surface area contributed by atoms with E-state index in [1.165, 1.54) is 4.68 Å². The van der Waals surface area contributed by atoms with Crippen LogP contribution < -0.4 is 15.0 Å². The van der Waals surface area contributed by atoms with Gasteiger partial charge >= 0.3 is 0 Å². The van der Waals surface area contributed by atoms with E-state index >= 15 is 0 Å². The average molecular weight is 585 g/mol. The Morgan fingerprint density at radius 1 is 1.09 bits per heavy atom. The van der Waals surface area contributed by atoms with Gasteiger partial charge in [-0.2, -0.15) is 9.78 Å². The standard InChI is InChI=1S/C26H23Br2N3O3/c1-4-16(2)34-24-21(33-3)14-18(22(27)23(24)28)15-29-31-25(17-10-6-5-7-11-17)30-20-13-9-8-12-19(20)26(31)32/h5-16H,4H2,1-3H3/t16-/m0/s1. The number of benzene rings is 3. The second kappa shape index (κ2) is 10.5. The number of hydrogen-bond donors (Lipinski definition) is 0. The van der Waals surface area contributed by atoms with Crippen LogP contribution in [-0.4, -0.2) is 29.1 Å². The Bertz CT molecular complexity index is 1420. The molecule has 8 heteroatoms. The van der Waals surface area contributed by atoms with Gasteiger partial charge in [0.05, 0.1) is 34.8 Å². The maximum Gasteiger partial charge on any atom is 0.282 e. The van der Waals surface area contributed by atoms with Gasteiger partial charge in [0.15, 0.2) is 17.3 Å². The van der Waals surface area contributed by atoms with Crippen LogP contribution in [0.5, 0.6) is 11.5 Å². The van der Waals surface area contributed by atoms with Gasteiger partial charge in [-0.15, -0.1) is 0 Å². The number of ether oxygens (including phenoxy) is 2. The predicted octanol–water partition coefficient (Wildman–Crippen LogP) is 6.66. The van der Waals surface area contributed by atoms with E-state index in [1.54, 1.807) is 19.4 Å². The monoisotopic (exact) mass is 583 g/mol. The van der Waals surface area contributed by atoms with Crippen molar-refractivity contribution >= 4 is 49.0 Å². The largest absolute Gasteiger partial charge is 0.493 e. The highest BCUT2D eigenvalue weighted by molar-refractivity contribution is 9.13. The van der Waals surface area contributed by atoms with Crippen LogP contribution in [0.1, 0.15) is 25.8 Å². The van der Waals surface area contributed by atoms with Gasteiger partial charge in [-0.3, -0.25) is 4.79 Å². The average Bonchev–Trinajstić information content (AvgIpc) is 2.87. The molecule has 0 saturated heterocycles. The summed E-state index contributed by atoms with van der Waals surface area (Å²) in [6, 6.07) is 18.6. The summed E-state index contributed by atoms with van der Waals surface area (Å²) in [5.41, 5.74) is 1.87. The zero-order valence-electron chi connectivity index (χ0n) is 19.0. The molecule has 0 N–H and O–H groups in total. The number of methoxy groups -OCH3 is 1. The Balaban J connectivity index is 1.87. The molecule has 0 saturated carbocycles. The highest BCUT2D eigenvalue weighted by atomic mass is 79.9. The molecule has 0 bridgehead atoms. The number of hydrogen-bond acceptors (Lipinski definition) is 5. The molecule has 0 spiro atoms. The van der Waals surface area contributed by atoms with Crippen molar-refractivity contribution in [2.45, 2.75) is 26.4 Å². The van der Waals surface area contributed by atoms with Crippen molar-refractivity contribution in [3.63, 3.8) is 0 Å². The molecule has 34 heavy (non-hydrogen) atoms. The van der Waals surface area contributed by atoms with Crippen molar-refractivity contribution in [3.8, 4) is 22.9 Å². The normalized spacial score (nSPS) is 12.3. The summed E-state index contributed by atoms with van der Waals surface area (Å²) in [4.78, 5) is 18.1. The van der Waals surface area contributed by atoms with Crippen molar-refractivity contribution in [1.82, 2.24) is 9.66 Å². The molecule has 0 radical (unpaired) electrons. The van der Waals surface area contributed by atoms with Gasteiger partial charge in [0.25, 0.3) is 5.56 Å². The van der Waals surface area contributed by atoms with Gasteiger partial charge in [0, 0.05) is 15.6 Å². The molecule has 0 unspecified atom stereocenters. The van der Waals surface area contributed by atoms with Gasteiger partial charge < -0.3 is 9.47 Å². The molecule has 4 rings (SSSR count).